The summed E-state index contributed by atoms with van der Waals surface area (Å²) < 4.78 is 28.1. The number of rotatable bonds is 5. The maximum absolute atomic E-state index is 13.2. The quantitative estimate of drug-likeness (QED) is 0.848. The van der Waals surface area contributed by atoms with Crippen LogP contribution in [0.25, 0.3) is 11.0 Å². The molecule has 0 aliphatic rings. The van der Waals surface area contributed by atoms with Crippen LogP contribution in [0.5, 0.6) is 0 Å². The zero-order valence-corrected chi connectivity index (χ0v) is 10.5. The first-order valence-electron chi connectivity index (χ1n) is 6.02. The summed E-state index contributed by atoms with van der Waals surface area (Å²) in [6.45, 7) is 2.30. The van der Waals surface area contributed by atoms with Crippen molar-refractivity contribution in [1.82, 2.24) is 9.55 Å². The van der Waals surface area contributed by atoms with Gasteiger partial charge in [-0.15, -0.1) is 0 Å². The molecule has 0 amide bonds. The average Bonchev–Trinajstić information content (AvgIpc) is 2.61. The molecule has 19 heavy (non-hydrogen) atoms. The monoisotopic (exact) mass is 268 g/mol. The van der Waals surface area contributed by atoms with Gasteiger partial charge in [0.15, 0.2) is 11.6 Å². The fourth-order valence-electron chi connectivity index (χ4n) is 2.07. The van der Waals surface area contributed by atoms with E-state index in [0.29, 0.717) is 36.2 Å². The molecule has 0 saturated carbocycles. The fraction of sp³-hybridized carbons (Fsp3) is 0.385. The summed E-state index contributed by atoms with van der Waals surface area (Å²) in [5.74, 6) is -1.99. The van der Waals surface area contributed by atoms with Gasteiger partial charge in [0.25, 0.3) is 0 Å². The average molecular weight is 268 g/mol. The van der Waals surface area contributed by atoms with Gasteiger partial charge in [-0.3, -0.25) is 4.79 Å². The van der Waals surface area contributed by atoms with Crippen LogP contribution in [0.15, 0.2) is 12.1 Å². The first-order chi connectivity index (χ1) is 8.99. The Bertz CT molecular complexity index is 623. The molecule has 0 bridgehead atoms. The third-order valence-electron chi connectivity index (χ3n) is 3.00. The van der Waals surface area contributed by atoms with Crippen molar-refractivity contribution in [3.8, 4) is 0 Å². The Morgan fingerprint density at radius 1 is 1.32 bits per heavy atom. The number of nitrogens with zero attached hydrogens (tertiary/aromatic N) is 2. The Morgan fingerprint density at radius 3 is 2.68 bits per heavy atom. The summed E-state index contributed by atoms with van der Waals surface area (Å²) in [5.41, 5.74) is 0.946. The largest absolute Gasteiger partial charge is 0.481 e. The van der Waals surface area contributed by atoms with Gasteiger partial charge in [-0.05, 0) is 19.8 Å². The molecule has 0 fully saturated rings. The van der Waals surface area contributed by atoms with E-state index in [0.717, 1.165) is 12.1 Å². The van der Waals surface area contributed by atoms with E-state index >= 15 is 0 Å². The second-order valence-corrected chi connectivity index (χ2v) is 4.42. The van der Waals surface area contributed by atoms with Crippen LogP contribution >= 0.6 is 0 Å². The van der Waals surface area contributed by atoms with Gasteiger partial charge in [-0.1, -0.05) is 0 Å². The third kappa shape index (κ3) is 2.89. The molecule has 6 heteroatoms. The highest BCUT2D eigenvalue weighted by molar-refractivity contribution is 5.76. The van der Waals surface area contributed by atoms with Crippen LogP contribution < -0.4 is 0 Å². The van der Waals surface area contributed by atoms with Crippen LogP contribution in [0.3, 0.4) is 0 Å². The number of hydrogen-bond acceptors (Lipinski definition) is 2. The zero-order valence-electron chi connectivity index (χ0n) is 10.5. The molecule has 0 spiro atoms. The lowest BCUT2D eigenvalue weighted by atomic mass is 10.2. The maximum atomic E-state index is 13.2. The Hall–Kier alpha value is -1.98. The predicted molar refractivity (Wildman–Crippen MR) is 65.9 cm³/mol. The van der Waals surface area contributed by atoms with Crippen molar-refractivity contribution in [2.24, 2.45) is 0 Å². The van der Waals surface area contributed by atoms with Gasteiger partial charge >= 0.3 is 5.97 Å². The lowest BCUT2D eigenvalue weighted by Crippen LogP contribution is -2.02. The maximum Gasteiger partial charge on any atom is 0.303 e. The van der Waals surface area contributed by atoms with Crippen molar-refractivity contribution in [2.45, 2.75) is 32.7 Å². The molecule has 0 radical (unpaired) electrons. The molecule has 0 atom stereocenters. The van der Waals surface area contributed by atoms with Gasteiger partial charge in [0, 0.05) is 25.1 Å². The van der Waals surface area contributed by atoms with Gasteiger partial charge in [0.1, 0.15) is 5.82 Å². The summed E-state index contributed by atoms with van der Waals surface area (Å²) in [7, 11) is 0. The zero-order chi connectivity index (χ0) is 14.0. The number of benzene rings is 1. The molecule has 0 aliphatic carbocycles. The summed E-state index contributed by atoms with van der Waals surface area (Å²) >= 11 is 0. The molecule has 0 saturated heterocycles. The van der Waals surface area contributed by atoms with Crippen LogP contribution in [0.1, 0.15) is 25.1 Å². The van der Waals surface area contributed by atoms with Crippen molar-refractivity contribution in [1.29, 1.82) is 0 Å². The molecule has 1 N–H and O–H groups in total. The Morgan fingerprint density at radius 2 is 2.00 bits per heavy atom. The number of unbranched alkanes of at least 4 members (excludes halogenated alkanes) is 1. The van der Waals surface area contributed by atoms with E-state index in [9.17, 15) is 13.6 Å². The molecule has 4 nitrogen and oxygen atoms in total. The molecule has 2 aromatic rings. The van der Waals surface area contributed by atoms with E-state index in [4.69, 9.17) is 5.11 Å². The number of carboxylic acid groups (broad SMARTS) is 1. The molecule has 2 rings (SSSR count). The van der Waals surface area contributed by atoms with Gasteiger partial charge < -0.3 is 9.67 Å². The van der Waals surface area contributed by atoms with Crippen molar-refractivity contribution in [3.63, 3.8) is 0 Å². The SMILES string of the molecule is Cc1nc2cc(F)c(F)cc2n1CCCCC(=O)O. The van der Waals surface area contributed by atoms with Crippen LogP contribution in [-0.2, 0) is 11.3 Å². The number of fused-ring (bicyclic) bond motifs is 1. The van der Waals surface area contributed by atoms with Crippen LogP contribution in [0.4, 0.5) is 8.78 Å². The molecular formula is C13H14F2N2O2. The second kappa shape index (κ2) is 5.34. The topological polar surface area (TPSA) is 55.1 Å². The molecule has 1 heterocycles. The number of aryl methyl sites for hydroxylation is 2. The minimum Gasteiger partial charge on any atom is -0.481 e. The van der Waals surface area contributed by atoms with E-state index in [-0.39, 0.29) is 6.42 Å². The number of imidazole rings is 1. The highest BCUT2D eigenvalue weighted by Crippen LogP contribution is 2.20. The first kappa shape index (κ1) is 13.5. The number of aliphatic carboxylic acids is 1. The van der Waals surface area contributed by atoms with E-state index in [1.807, 2.05) is 0 Å². The lowest BCUT2D eigenvalue weighted by Gasteiger charge is -2.06. The Labute approximate surface area is 108 Å². The summed E-state index contributed by atoms with van der Waals surface area (Å²) in [6.07, 6.45) is 1.30. The number of aromatic nitrogens is 2. The number of carbonyl (C=O) groups is 1. The summed E-state index contributed by atoms with van der Waals surface area (Å²) in [6, 6.07) is 2.20. The second-order valence-electron chi connectivity index (χ2n) is 4.42. The molecular weight excluding hydrogens is 254 g/mol. The van der Waals surface area contributed by atoms with Gasteiger partial charge in [0.2, 0.25) is 0 Å². The van der Waals surface area contributed by atoms with Crippen LogP contribution in [0.2, 0.25) is 0 Å². The van der Waals surface area contributed by atoms with E-state index in [1.54, 1.807) is 11.5 Å². The number of hydrogen-bond donors (Lipinski definition) is 1. The minimum absolute atomic E-state index is 0.106. The van der Waals surface area contributed by atoms with Gasteiger partial charge in [0.05, 0.1) is 11.0 Å². The predicted octanol–water partition coefficient (Wildman–Crippen LogP) is 2.88. The van der Waals surface area contributed by atoms with Crippen LogP contribution in [0, 0.1) is 18.6 Å². The summed E-state index contributed by atoms with van der Waals surface area (Å²) in [4.78, 5) is 14.6. The normalized spacial score (nSPS) is 11.1. The van der Waals surface area contributed by atoms with Crippen molar-refractivity contribution >= 4 is 17.0 Å². The third-order valence-corrected chi connectivity index (χ3v) is 3.00. The molecule has 0 aliphatic heterocycles. The van der Waals surface area contributed by atoms with Gasteiger partial charge in [-0.2, -0.15) is 0 Å². The number of carboxylic acids is 1. The fourth-order valence-corrected chi connectivity index (χ4v) is 2.07. The smallest absolute Gasteiger partial charge is 0.303 e. The molecule has 1 aromatic heterocycles. The van der Waals surface area contributed by atoms with Crippen LogP contribution in [-0.4, -0.2) is 20.6 Å². The van der Waals surface area contributed by atoms with Crippen molar-refractivity contribution in [3.05, 3.63) is 29.6 Å². The Kier molecular flexibility index (Phi) is 3.78. The van der Waals surface area contributed by atoms with E-state index in [2.05, 4.69) is 4.98 Å². The number of halogens is 2. The van der Waals surface area contributed by atoms with E-state index in [1.165, 1.54) is 0 Å². The van der Waals surface area contributed by atoms with Crippen molar-refractivity contribution < 1.29 is 18.7 Å². The highest BCUT2D eigenvalue weighted by atomic mass is 19.2. The van der Waals surface area contributed by atoms with E-state index < -0.39 is 17.6 Å². The Balaban J connectivity index is 2.20. The minimum atomic E-state index is -0.914. The molecule has 102 valence electrons. The standard InChI is InChI=1S/C13H14F2N2O2/c1-8-16-11-6-9(14)10(15)7-12(11)17(8)5-3-2-4-13(18)19/h6-7H,2-5H2,1H3,(H,18,19). The highest BCUT2D eigenvalue weighted by Gasteiger charge is 2.11. The molecule has 0 unspecified atom stereocenters. The first-order valence-corrected chi connectivity index (χ1v) is 6.02. The molecule has 1 aromatic carbocycles. The van der Waals surface area contributed by atoms with Crippen molar-refractivity contribution in [2.75, 3.05) is 0 Å². The van der Waals surface area contributed by atoms with Gasteiger partial charge in [-0.25, -0.2) is 13.8 Å². The lowest BCUT2D eigenvalue weighted by molar-refractivity contribution is -0.137. The summed E-state index contributed by atoms with van der Waals surface area (Å²) in [5, 5.41) is 8.55.